The van der Waals surface area contributed by atoms with Crippen LogP contribution in [0.15, 0.2) is 0 Å². The minimum atomic E-state index is -2.89. The molecule has 0 spiro atoms. The van der Waals surface area contributed by atoms with Gasteiger partial charge in [0, 0.05) is 26.5 Å². The third-order valence-electron chi connectivity index (χ3n) is 1.86. The van der Waals surface area contributed by atoms with Gasteiger partial charge in [-0.1, -0.05) is 0 Å². The average molecular weight is 209 g/mol. The average Bonchev–Trinajstić information content (AvgIpc) is 2.02. The van der Waals surface area contributed by atoms with Gasteiger partial charge in [-0.15, -0.1) is 0 Å². The van der Waals surface area contributed by atoms with Crippen molar-refractivity contribution in [3.8, 4) is 0 Å². The number of rotatable bonds is 7. The Bertz CT molecular complexity index is 213. The van der Waals surface area contributed by atoms with Gasteiger partial charge in [0.15, 0.2) is 9.84 Å². The molecule has 13 heavy (non-hydrogen) atoms. The molecule has 0 aromatic rings. The molecule has 0 saturated heterocycles. The fraction of sp³-hybridized carbons (Fsp3) is 1.00. The maximum Gasteiger partial charge on any atom is 0.151 e. The predicted octanol–water partition coefficient (Wildman–Crippen LogP) is 0.0456. The Morgan fingerprint density at radius 2 is 2.08 bits per heavy atom. The molecule has 0 aromatic heterocycles. The first-order valence-corrected chi connectivity index (χ1v) is 6.32. The summed E-state index contributed by atoms with van der Waals surface area (Å²) in [6.45, 7) is 3.73. The summed E-state index contributed by atoms with van der Waals surface area (Å²) in [5, 5.41) is 2.76. The minimum absolute atomic E-state index is 0.310. The monoisotopic (exact) mass is 209 g/mol. The van der Waals surface area contributed by atoms with E-state index in [0.29, 0.717) is 13.2 Å². The molecule has 0 aliphatic rings. The Labute approximate surface area is 80.6 Å². The van der Waals surface area contributed by atoms with Crippen LogP contribution in [0.1, 0.15) is 13.3 Å². The standard InChI is InChI=1S/C8H19NO3S/c1-8(13(3,10)11)7-9-5-4-6-12-2/h8-9H,4-7H2,1-3H3. The maximum absolute atomic E-state index is 11.0. The largest absolute Gasteiger partial charge is 0.385 e. The van der Waals surface area contributed by atoms with Gasteiger partial charge in [0.2, 0.25) is 0 Å². The van der Waals surface area contributed by atoms with Gasteiger partial charge >= 0.3 is 0 Å². The second-order valence-corrected chi connectivity index (χ2v) is 5.65. The van der Waals surface area contributed by atoms with Crippen molar-refractivity contribution in [3.05, 3.63) is 0 Å². The van der Waals surface area contributed by atoms with Gasteiger partial charge in [-0.3, -0.25) is 0 Å². The Kier molecular flexibility index (Phi) is 6.28. The third-order valence-corrected chi connectivity index (χ3v) is 3.49. The van der Waals surface area contributed by atoms with E-state index in [4.69, 9.17) is 4.74 Å². The molecule has 0 saturated carbocycles. The molecule has 1 unspecified atom stereocenters. The van der Waals surface area contributed by atoms with Crippen LogP contribution in [-0.2, 0) is 14.6 Å². The van der Waals surface area contributed by atoms with Crippen LogP contribution in [0.2, 0.25) is 0 Å². The van der Waals surface area contributed by atoms with E-state index in [2.05, 4.69) is 5.32 Å². The highest BCUT2D eigenvalue weighted by Gasteiger charge is 2.13. The van der Waals surface area contributed by atoms with E-state index in [9.17, 15) is 8.42 Å². The fourth-order valence-corrected chi connectivity index (χ4v) is 1.22. The smallest absolute Gasteiger partial charge is 0.151 e. The van der Waals surface area contributed by atoms with E-state index >= 15 is 0 Å². The molecule has 0 radical (unpaired) electrons. The lowest BCUT2D eigenvalue weighted by molar-refractivity contribution is 0.194. The van der Waals surface area contributed by atoms with Crippen LogP contribution in [-0.4, -0.2) is 46.7 Å². The molecule has 0 fully saturated rings. The van der Waals surface area contributed by atoms with Crippen molar-refractivity contribution in [1.82, 2.24) is 5.32 Å². The Morgan fingerprint density at radius 3 is 2.54 bits per heavy atom. The number of sulfone groups is 1. The highest BCUT2D eigenvalue weighted by molar-refractivity contribution is 7.91. The Balaban J connectivity index is 3.44. The molecule has 4 nitrogen and oxygen atoms in total. The molecule has 0 aliphatic heterocycles. The maximum atomic E-state index is 11.0. The zero-order valence-corrected chi connectivity index (χ0v) is 9.36. The molecule has 0 rings (SSSR count). The second-order valence-electron chi connectivity index (χ2n) is 3.19. The lowest BCUT2D eigenvalue weighted by Gasteiger charge is -2.10. The number of methoxy groups -OCH3 is 1. The van der Waals surface area contributed by atoms with E-state index in [-0.39, 0.29) is 5.25 Å². The lowest BCUT2D eigenvalue weighted by atomic mass is 10.4. The molecule has 1 atom stereocenters. The molecular formula is C8H19NO3S. The number of hydrogen-bond acceptors (Lipinski definition) is 4. The number of hydrogen-bond donors (Lipinski definition) is 1. The summed E-state index contributed by atoms with van der Waals surface area (Å²) in [4.78, 5) is 0. The van der Waals surface area contributed by atoms with Crippen LogP contribution in [0.5, 0.6) is 0 Å². The zero-order chi connectivity index (χ0) is 10.3. The summed E-state index contributed by atoms with van der Waals surface area (Å²) in [6, 6.07) is 0. The summed E-state index contributed by atoms with van der Waals surface area (Å²) in [5.41, 5.74) is 0. The van der Waals surface area contributed by atoms with E-state index in [1.54, 1.807) is 14.0 Å². The first-order valence-electron chi connectivity index (χ1n) is 4.37. The molecule has 0 aliphatic carbocycles. The normalized spacial score (nSPS) is 14.4. The van der Waals surface area contributed by atoms with Gasteiger partial charge in [0.25, 0.3) is 0 Å². The van der Waals surface area contributed by atoms with Crippen molar-refractivity contribution in [1.29, 1.82) is 0 Å². The van der Waals surface area contributed by atoms with Gasteiger partial charge < -0.3 is 10.1 Å². The molecular weight excluding hydrogens is 190 g/mol. The van der Waals surface area contributed by atoms with E-state index in [1.807, 2.05) is 0 Å². The first kappa shape index (κ1) is 12.9. The Hall–Kier alpha value is -0.130. The van der Waals surface area contributed by atoms with Crippen LogP contribution in [0.25, 0.3) is 0 Å². The highest BCUT2D eigenvalue weighted by atomic mass is 32.2. The quantitative estimate of drug-likeness (QED) is 0.602. The van der Waals surface area contributed by atoms with Gasteiger partial charge in [-0.25, -0.2) is 8.42 Å². The molecule has 0 bridgehead atoms. The van der Waals surface area contributed by atoms with Crippen LogP contribution in [0, 0.1) is 0 Å². The molecule has 80 valence electrons. The van der Waals surface area contributed by atoms with Crippen molar-refractivity contribution in [2.24, 2.45) is 0 Å². The fourth-order valence-electron chi connectivity index (χ4n) is 0.798. The topological polar surface area (TPSA) is 55.4 Å². The van der Waals surface area contributed by atoms with Crippen molar-refractivity contribution < 1.29 is 13.2 Å². The molecule has 5 heteroatoms. The van der Waals surface area contributed by atoms with Gasteiger partial charge in [-0.2, -0.15) is 0 Å². The SMILES string of the molecule is COCCCNCC(C)S(C)(=O)=O. The minimum Gasteiger partial charge on any atom is -0.385 e. The van der Waals surface area contributed by atoms with E-state index < -0.39 is 9.84 Å². The molecule has 0 heterocycles. The lowest BCUT2D eigenvalue weighted by Crippen LogP contribution is -2.31. The summed E-state index contributed by atoms with van der Waals surface area (Å²) in [7, 11) is -1.24. The summed E-state index contributed by atoms with van der Waals surface area (Å²) in [5.74, 6) is 0. The van der Waals surface area contributed by atoms with Crippen LogP contribution >= 0.6 is 0 Å². The van der Waals surface area contributed by atoms with Gasteiger partial charge in [-0.05, 0) is 19.9 Å². The summed E-state index contributed by atoms with van der Waals surface area (Å²) >= 11 is 0. The molecule has 1 N–H and O–H groups in total. The number of nitrogens with one attached hydrogen (secondary N) is 1. The van der Waals surface area contributed by atoms with E-state index in [1.165, 1.54) is 6.26 Å². The van der Waals surface area contributed by atoms with Crippen LogP contribution < -0.4 is 5.32 Å². The van der Waals surface area contributed by atoms with Crippen LogP contribution in [0.3, 0.4) is 0 Å². The summed E-state index contributed by atoms with van der Waals surface area (Å²) < 4.78 is 26.8. The Morgan fingerprint density at radius 1 is 1.46 bits per heavy atom. The third kappa shape index (κ3) is 6.98. The van der Waals surface area contributed by atoms with E-state index in [0.717, 1.165) is 13.0 Å². The predicted molar refractivity (Wildman–Crippen MR) is 53.7 cm³/mol. The molecule has 0 aromatic carbocycles. The zero-order valence-electron chi connectivity index (χ0n) is 8.54. The van der Waals surface area contributed by atoms with Crippen molar-refractivity contribution in [2.45, 2.75) is 18.6 Å². The van der Waals surface area contributed by atoms with Crippen molar-refractivity contribution >= 4 is 9.84 Å². The van der Waals surface area contributed by atoms with Crippen molar-refractivity contribution in [3.63, 3.8) is 0 Å². The number of ether oxygens (including phenoxy) is 1. The van der Waals surface area contributed by atoms with Crippen LogP contribution in [0.4, 0.5) is 0 Å². The first-order chi connectivity index (χ1) is 5.98. The summed E-state index contributed by atoms with van der Waals surface area (Å²) in [6.07, 6.45) is 2.17. The van der Waals surface area contributed by atoms with Gasteiger partial charge in [0.05, 0.1) is 5.25 Å². The van der Waals surface area contributed by atoms with Crippen molar-refractivity contribution in [2.75, 3.05) is 33.1 Å². The second kappa shape index (κ2) is 6.34. The molecule has 0 amide bonds. The highest BCUT2D eigenvalue weighted by Crippen LogP contribution is 1.95. The van der Waals surface area contributed by atoms with Gasteiger partial charge in [0.1, 0.15) is 0 Å².